The maximum Gasteiger partial charge on any atom is 0.250 e. The molecule has 0 radical (unpaired) electrons. The standard InChI is InChI=1S/C29H27FN4O2S2/c1-18-7-8-31-23(13-18)24(17-30)32-19-5-6-25-27(14-19)37-26-4-2-3-21(29(26)38-25)22-15-20(16-28(35)33-22)34-9-11-36-12-10-34/h2-8,13-16,24,32H,9-12,17H2,1H3,(H,33,35). The number of H-pyrrole nitrogens is 1. The number of hydrogen-bond acceptors (Lipinski definition) is 7. The molecule has 0 spiro atoms. The molecule has 194 valence electrons. The van der Waals surface area contributed by atoms with E-state index in [4.69, 9.17) is 4.74 Å². The molecule has 4 heterocycles. The van der Waals surface area contributed by atoms with E-state index in [0.29, 0.717) is 18.9 Å². The zero-order valence-electron chi connectivity index (χ0n) is 20.9. The summed E-state index contributed by atoms with van der Waals surface area (Å²) < 4.78 is 19.4. The van der Waals surface area contributed by atoms with E-state index in [1.165, 1.54) is 0 Å². The van der Waals surface area contributed by atoms with E-state index in [1.807, 2.05) is 31.2 Å². The lowest BCUT2D eigenvalue weighted by Crippen LogP contribution is -2.36. The number of benzene rings is 2. The molecule has 2 aliphatic rings. The Morgan fingerprint density at radius 3 is 2.74 bits per heavy atom. The molecular formula is C29H27FN4O2S2. The molecule has 38 heavy (non-hydrogen) atoms. The molecule has 0 amide bonds. The summed E-state index contributed by atoms with van der Waals surface area (Å²) in [5.41, 5.74) is 5.21. The number of anilines is 2. The lowest BCUT2D eigenvalue weighted by molar-refractivity contribution is 0.122. The van der Waals surface area contributed by atoms with Crippen LogP contribution >= 0.6 is 23.5 Å². The number of halogens is 1. The predicted octanol–water partition coefficient (Wildman–Crippen LogP) is 6.32. The van der Waals surface area contributed by atoms with Crippen LogP contribution < -0.4 is 15.8 Å². The Balaban J connectivity index is 1.28. The molecule has 2 N–H and O–H groups in total. The molecule has 1 atom stereocenters. The van der Waals surface area contributed by atoms with Crippen LogP contribution in [0.2, 0.25) is 0 Å². The molecule has 6 rings (SSSR count). The smallest absolute Gasteiger partial charge is 0.250 e. The van der Waals surface area contributed by atoms with Gasteiger partial charge in [0.25, 0.3) is 0 Å². The van der Waals surface area contributed by atoms with Gasteiger partial charge in [0.1, 0.15) is 6.67 Å². The van der Waals surface area contributed by atoms with E-state index in [-0.39, 0.29) is 5.56 Å². The van der Waals surface area contributed by atoms with Crippen LogP contribution in [0, 0.1) is 6.92 Å². The fraction of sp³-hybridized carbons (Fsp3) is 0.241. The normalized spacial score (nSPS) is 15.5. The summed E-state index contributed by atoms with van der Waals surface area (Å²) in [6.07, 6.45) is 1.72. The Morgan fingerprint density at radius 1 is 1.05 bits per heavy atom. The highest BCUT2D eigenvalue weighted by Gasteiger charge is 2.23. The number of aryl methyl sites for hydroxylation is 1. The zero-order valence-corrected chi connectivity index (χ0v) is 22.5. The highest BCUT2D eigenvalue weighted by Crippen LogP contribution is 2.52. The van der Waals surface area contributed by atoms with Gasteiger partial charge in [-0.25, -0.2) is 4.39 Å². The minimum atomic E-state index is -0.552. The van der Waals surface area contributed by atoms with Crippen molar-refractivity contribution in [3.8, 4) is 11.3 Å². The Hall–Kier alpha value is -3.27. The van der Waals surface area contributed by atoms with Crippen LogP contribution in [0.4, 0.5) is 15.8 Å². The number of rotatable bonds is 6. The number of nitrogens with zero attached hydrogens (tertiary/aromatic N) is 2. The van der Waals surface area contributed by atoms with Gasteiger partial charge in [-0.2, -0.15) is 0 Å². The first kappa shape index (κ1) is 25.0. The summed E-state index contributed by atoms with van der Waals surface area (Å²) in [6.45, 7) is 4.30. The molecule has 2 aromatic carbocycles. The van der Waals surface area contributed by atoms with Crippen LogP contribution in [0.3, 0.4) is 0 Å². The minimum absolute atomic E-state index is 0.114. The van der Waals surface area contributed by atoms with Crippen LogP contribution in [-0.4, -0.2) is 42.9 Å². The molecule has 1 unspecified atom stereocenters. The average molecular weight is 547 g/mol. The highest BCUT2D eigenvalue weighted by molar-refractivity contribution is 8.05. The van der Waals surface area contributed by atoms with Crippen LogP contribution in [0.1, 0.15) is 17.3 Å². The summed E-state index contributed by atoms with van der Waals surface area (Å²) >= 11 is 3.38. The predicted molar refractivity (Wildman–Crippen MR) is 152 cm³/mol. The van der Waals surface area contributed by atoms with Crippen molar-refractivity contribution in [1.29, 1.82) is 0 Å². The Labute approximate surface area is 229 Å². The summed E-state index contributed by atoms with van der Waals surface area (Å²) in [5, 5.41) is 3.31. The molecule has 9 heteroatoms. The van der Waals surface area contributed by atoms with Gasteiger partial charge in [0.05, 0.1) is 30.6 Å². The molecule has 0 bridgehead atoms. The van der Waals surface area contributed by atoms with E-state index in [1.54, 1.807) is 35.8 Å². The lowest BCUT2D eigenvalue weighted by atomic mass is 10.1. The number of aromatic amines is 1. The Kier molecular flexibility index (Phi) is 7.14. The largest absolute Gasteiger partial charge is 0.378 e. The fourth-order valence-corrected chi connectivity index (χ4v) is 7.14. The van der Waals surface area contributed by atoms with E-state index in [2.05, 4.69) is 50.5 Å². The first-order chi connectivity index (χ1) is 18.6. The maximum absolute atomic E-state index is 13.9. The summed E-state index contributed by atoms with van der Waals surface area (Å²) in [5.74, 6) is 0. The van der Waals surface area contributed by atoms with Gasteiger partial charge in [-0.3, -0.25) is 9.78 Å². The summed E-state index contributed by atoms with van der Waals surface area (Å²) in [7, 11) is 0. The van der Waals surface area contributed by atoms with Gasteiger partial charge in [0.15, 0.2) is 0 Å². The number of hydrogen-bond donors (Lipinski definition) is 2. The van der Waals surface area contributed by atoms with Crippen molar-refractivity contribution in [2.75, 3.05) is 43.2 Å². The molecular weight excluding hydrogens is 519 g/mol. The summed E-state index contributed by atoms with van der Waals surface area (Å²) in [6, 6.07) is 19.3. The molecule has 6 nitrogen and oxygen atoms in total. The van der Waals surface area contributed by atoms with Crippen molar-refractivity contribution >= 4 is 34.9 Å². The third-order valence-electron chi connectivity index (χ3n) is 6.64. The molecule has 2 aliphatic heterocycles. The van der Waals surface area contributed by atoms with Crippen molar-refractivity contribution in [3.05, 3.63) is 88.5 Å². The van der Waals surface area contributed by atoms with Crippen molar-refractivity contribution < 1.29 is 9.13 Å². The quantitative estimate of drug-likeness (QED) is 0.258. The average Bonchev–Trinajstić information content (AvgIpc) is 2.94. The van der Waals surface area contributed by atoms with Crippen LogP contribution in [0.25, 0.3) is 11.3 Å². The Morgan fingerprint density at radius 2 is 1.92 bits per heavy atom. The topological polar surface area (TPSA) is 70.2 Å². The van der Waals surface area contributed by atoms with Gasteiger partial charge in [0.2, 0.25) is 5.56 Å². The molecule has 4 aromatic rings. The van der Waals surface area contributed by atoms with Gasteiger partial charge < -0.3 is 19.9 Å². The number of fused-ring (bicyclic) bond motifs is 2. The van der Waals surface area contributed by atoms with Crippen molar-refractivity contribution in [3.63, 3.8) is 0 Å². The molecule has 0 aliphatic carbocycles. The van der Waals surface area contributed by atoms with Crippen LogP contribution in [0.5, 0.6) is 0 Å². The van der Waals surface area contributed by atoms with Crippen LogP contribution in [-0.2, 0) is 4.74 Å². The maximum atomic E-state index is 13.9. The molecule has 1 saturated heterocycles. The number of ether oxygens (including phenoxy) is 1. The number of nitrogens with one attached hydrogen (secondary N) is 2. The van der Waals surface area contributed by atoms with E-state index in [9.17, 15) is 9.18 Å². The summed E-state index contributed by atoms with van der Waals surface area (Å²) in [4.78, 5) is 26.7. The second-order valence-corrected chi connectivity index (χ2v) is 11.5. The lowest BCUT2D eigenvalue weighted by Gasteiger charge is -2.29. The monoisotopic (exact) mass is 546 g/mol. The van der Waals surface area contributed by atoms with Crippen LogP contribution in [0.15, 0.2) is 91.2 Å². The second kappa shape index (κ2) is 10.8. The first-order valence-electron chi connectivity index (χ1n) is 12.5. The van der Waals surface area contributed by atoms with E-state index >= 15 is 0 Å². The third kappa shape index (κ3) is 5.18. The van der Waals surface area contributed by atoms with E-state index in [0.717, 1.165) is 60.9 Å². The van der Waals surface area contributed by atoms with Crippen molar-refractivity contribution in [1.82, 2.24) is 9.97 Å². The molecule has 0 saturated carbocycles. The first-order valence-corrected chi connectivity index (χ1v) is 14.2. The van der Waals surface area contributed by atoms with Gasteiger partial charge in [-0.05, 0) is 55.0 Å². The van der Waals surface area contributed by atoms with Gasteiger partial charge in [-0.1, -0.05) is 35.7 Å². The van der Waals surface area contributed by atoms with Gasteiger partial charge >= 0.3 is 0 Å². The number of alkyl halides is 1. The minimum Gasteiger partial charge on any atom is -0.378 e. The van der Waals surface area contributed by atoms with Crippen molar-refractivity contribution in [2.24, 2.45) is 0 Å². The van der Waals surface area contributed by atoms with Gasteiger partial charge in [0, 0.05) is 61.9 Å². The second-order valence-electron chi connectivity index (χ2n) is 9.32. The zero-order chi connectivity index (χ0) is 26.1. The molecule has 1 fully saturated rings. The highest BCUT2D eigenvalue weighted by atomic mass is 32.2. The SMILES string of the molecule is Cc1ccnc(C(CF)Nc2ccc3c(c2)Sc2cccc(-c4cc(N5CCOCC5)cc(=O)[nH]4)c2S3)c1. The van der Waals surface area contributed by atoms with Crippen molar-refractivity contribution in [2.45, 2.75) is 32.5 Å². The Bertz CT molecular complexity index is 1540. The van der Waals surface area contributed by atoms with E-state index < -0.39 is 12.7 Å². The number of pyridine rings is 2. The van der Waals surface area contributed by atoms with Gasteiger partial charge in [-0.15, -0.1) is 0 Å². The number of aromatic nitrogens is 2. The fourth-order valence-electron chi connectivity index (χ4n) is 4.72. The molecule has 2 aromatic heterocycles. The number of morpholine rings is 1. The third-order valence-corrected chi connectivity index (χ3v) is 9.23.